The summed E-state index contributed by atoms with van der Waals surface area (Å²) in [4.78, 5) is 0. The van der Waals surface area contributed by atoms with Crippen molar-refractivity contribution in [2.45, 2.75) is 45.6 Å². The summed E-state index contributed by atoms with van der Waals surface area (Å²) in [5.41, 5.74) is 1.10. The van der Waals surface area contributed by atoms with Gasteiger partial charge in [-0.25, -0.2) is 0 Å². The van der Waals surface area contributed by atoms with Gasteiger partial charge in [-0.3, -0.25) is 0 Å². The maximum Gasteiger partial charge on any atom is 0.0837 e. The van der Waals surface area contributed by atoms with Crippen LogP contribution in [-0.2, 0) is 0 Å². The Morgan fingerprint density at radius 1 is 1.22 bits per heavy atom. The first-order chi connectivity index (χ1) is 8.67. The van der Waals surface area contributed by atoms with Crippen molar-refractivity contribution in [3.63, 3.8) is 0 Å². The molecule has 3 atom stereocenters. The number of hydrogen-bond acceptors (Lipinski definition) is 2. The van der Waals surface area contributed by atoms with Gasteiger partial charge in [-0.05, 0) is 24.8 Å². The van der Waals surface area contributed by atoms with Crippen molar-refractivity contribution in [1.29, 1.82) is 5.26 Å². The van der Waals surface area contributed by atoms with Crippen molar-refractivity contribution in [2.24, 2.45) is 5.92 Å². The van der Waals surface area contributed by atoms with Crippen molar-refractivity contribution in [3.8, 4) is 6.07 Å². The van der Waals surface area contributed by atoms with Crippen LogP contribution in [-0.4, -0.2) is 12.6 Å². The lowest BCUT2D eigenvalue weighted by Crippen LogP contribution is -2.31. The monoisotopic (exact) mass is 244 g/mol. The predicted octanol–water partition coefficient (Wildman–Crippen LogP) is 3.71. The van der Waals surface area contributed by atoms with Gasteiger partial charge in [0, 0.05) is 12.6 Å². The van der Waals surface area contributed by atoms with Crippen LogP contribution in [0.15, 0.2) is 30.3 Å². The second-order valence-corrected chi connectivity index (χ2v) is 5.15. The Labute approximate surface area is 111 Å². The van der Waals surface area contributed by atoms with Crippen LogP contribution in [0.3, 0.4) is 0 Å². The second-order valence-electron chi connectivity index (χ2n) is 5.15. The third-order valence-electron chi connectivity index (χ3n) is 3.48. The van der Waals surface area contributed by atoms with E-state index >= 15 is 0 Å². The summed E-state index contributed by atoms with van der Waals surface area (Å²) in [5.74, 6) is 0.690. The normalized spacial score (nSPS) is 15.7. The molecular formula is C16H24N2. The minimum Gasteiger partial charge on any atom is -0.313 e. The zero-order valence-corrected chi connectivity index (χ0v) is 11.7. The number of rotatable bonds is 7. The molecule has 1 rings (SSSR count). The summed E-state index contributed by atoms with van der Waals surface area (Å²) < 4.78 is 0. The van der Waals surface area contributed by atoms with Gasteiger partial charge in [0.25, 0.3) is 0 Å². The van der Waals surface area contributed by atoms with Gasteiger partial charge in [0.05, 0.1) is 12.0 Å². The third kappa shape index (κ3) is 4.89. The standard InChI is InChI=1S/C16H24N2/c1-4-13(2)10-14(3)18-12-16(11-17)15-8-6-5-7-9-15/h5-9,13-14,16,18H,4,10,12H2,1-3H3. The third-order valence-corrected chi connectivity index (χ3v) is 3.48. The van der Waals surface area contributed by atoms with Gasteiger partial charge in [-0.2, -0.15) is 5.26 Å². The fourth-order valence-corrected chi connectivity index (χ4v) is 2.10. The van der Waals surface area contributed by atoms with E-state index in [1.807, 2.05) is 30.3 Å². The van der Waals surface area contributed by atoms with Gasteiger partial charge in [-0.15, -0.1) is 0 Å². The summed E-state index contributed by atoms with van der Waals surface area (Å²) in [6, 6.07) is 12.9. The summed E-state index contributed by atoms with van der Waals surface area (Å²) in [6.07, 6.45) is 2.38. The van der Waals surface area contributed by atoms with Crippen molar-refractivity contribution in [1.82, 2.24) is 5.32 Å². The highest BCUT2D eigenvalue weighted by Gasteiger charge is 2.12. The average Bonchev–Trinajstić information content (AvgIpc) is 2.40. The fourth-order valence-electron chi connectivity index (χ4n) is 2.10. The highest BCUT2D eigenvalue weighted by atomic mass is 14.9. The quantitative estimate of drug-likeness (QED) is 0.793. The van der Waals surface area contributed by atoms with E-state index in [2.05, 4.69) is 32.2 Å². The molecule has 2 nitrogen and oxygen atoms in total. The second kappa shape index (κ2) is 7.89. The van der Waals surface area contributed by atoms with E-state index in [0.29, 0.717) is 6.04 Å². The molecule has 1 aromatic rings. The first kappa shape index (κ1) is 14.7. The molecule has 1 N–H and O–H groups in total. The van der Waals surface area contributed by atoms with Crippen molar-refractivity contribution in [3.05, 3.63) is 35.9 Å². The van der Waals surface area contributed by atoms with Crippen molar-refractivity contribution in [2.75, 3.05) is 6.54 Å². The van der Waals surface area contributed by atoms with Gasteiger partial charge in [0.15, 0.2) is 0 Å². The molecule has 98 valence electrons. The first-order valence-corrected chi connectivity index (χ1v) is 6.85. The van der Waals surface area contributed by atoms with E-state index in [0.717, 1.165) is 18.0 Å². The van der Waals surface area contributed by atoms with E-state index in [9.17, 15) is 5.26 Å². The zero-order valence-electron chi connectivity index (χ0n) is 11.7. The smallest absolute Gasteiger partial charge is 0.0837 e. The van der Waals surface area contributed by atoms with Crippen LogP contribution in [0.2, 0.25) is 0 Å². The molecule has 0 radical (unpaired) electrons. The van der Waals surface area contributed by atoms with Gasteiger partial charge in [-0.1, -0.05) is 50.6 Å². The van der Waals surface area contributed by atoms with Crippen molar-refractivity contribution < 1.29 is 0 Å². The highest BCUT2D eigenvalue weighted by molar-refractivity contribution is 5.25. The molecule has 1 aromatic carbocycles. The van der Waals surface area contributed by atoms with Crippen LogP contribution in [0.1, 0.15) is 45.1 Å². The van der Waals surface area contributed by atoms with E-state index in [1.165, 1.54) is 12.8 Å². The van der Waals surface area contributed by atoms with Gasteiger partial charge < -0.3 is 5.32 Å². The molecule has 3 unspecified atom stereocenters. The molecule has 0 amide bonds. The minimum atomic E-state index is -0.0504. The summed E-state index contributed by atoms with van der Waals surface area (Å²) in [5, 5.41) is 12.7. The lowest BCUT2D eigenvalue weighted by atomic mass is 9.98. The lowest BCUT2D eigenvalue weighted by Gasteiger charge is -2.19. The molecule has 0 heterocycles. The predicted molar refractivity (Wildman–Crippen MR) is 76.3 cm³/mol. The Bertz CT molecular complexity index is 366. The van der Waals surface area contributed by atoms with E-state index in [-0.39, 0.29) is 5.92 Å². The number of hydrogen-bond donors (Lipinski definition) is 1. The Morgan fingerprint density at radius 3 is 2.44 bits per heavy atom. The zero-order chi connectivity index (χ0) is 13.4. The molecule has 0 saturated heterocycles. The van der Waals surface area contributed by atoms with Crippen LogP contribution < -0.4 is 5.32 Å². The number of nitrogens with zero attached hydrogens (tertiary/aromatic N) is 1. The topological polar surface area (TPSA) is 35.8 Å². The largest absolute Gasteiger partial charge is 0.313 e. The Balaban J connectivity index is 2.44. The van der Waals surface area contributed by atoms with E-state index in [1.54, 1.807) is 0 Å². The molecule has 18 heavy (non-hydrogen) atoms. The highest BCUT2D eigenvalue weighted by Crippen LogP contribution is 2.15. The van der Waals surface area contributed by atoms with Gasteiger partial charge in [0.2, 0.25) is 0 Å². The average molecular weight is 244 g/mol. The fraction of sp³-hybridized carbons (Fsp3) is 0.562. The Morgan fingerprint density at radius 2 is 1.89 bits per heavy atom. The molecule has 0 aliphatic carbocycles. The molecule has 0 saturated carbocycles. The maximum absolute atomic E-state index is 9.23. The first-order valence-electron chi connectivity index (χ1n) is 6.85. The minimum absolute atomic E-state index is 0.0504. The Kier molecular flexibility index (Phi) is 6.46. The molecule has 0 aromatic heterocycles. The molecule has 0 spiro atoms. The molecule has 0 bridgehead atoms. The number of nitrogens with one attached hydrogen (secondary N) is 1. The Hall–Kier alpha value is -1.33. The van der Waals surface area contributed by atoms with Crippen LogP contribution in [0.4, 0.5) is 0 Å². The molecule has 0 aliphatic heterocycles. The van der Waals surface area contributed by atoms with Crippen LogP contribution in [0, 0.1) is 17.2 Å². The maximum atomic E-state index is 9.23. The lowest BCUT2D eigenvalue weighted by molar-refractivity contribution is 0.411. The molecule has 2 heteroatoms. The molecular weight excluding hydrogens is 220 g/mol. The van der Waals surface area contributed by atoms with Crippen LogP contribution in [0.25, 0.3) is 0 Å². The van der Waals surface area contributed by atoms with Crippen molar-refractivity contribution >= 4 is 0 Å². The summed E-state index contributed by atoms with van der Waals surface area (Å²) >= 11 is 0. The van der Waals surface area contributed by atoms with Gasteiger partial charge in [0.1, 0.15) is 0 Å². The number of nitriles is 1. The van der Waals surface area contributed by atoms with Crippen LogP contribution >= 0.6 is 0 Å². The molecule has 0 fully saturated rings. The SMILES string of the molecule is CCC(C)CC(C)NCC(C#N)c1ccccc1. The van der Waals surface area contributed by atoms with E-state index < -0.39 is 0 Å². The van der Waals surface area contributed by atoms with E-state index in [4.69, 9.17) is 0 Å². The summed E-state index contributed by atoms with van der Waals surface area (Å²) in [7, 11) is 0. The summed E-state index contributed by atoms with van der Waals surface area (Å²) in [6.45, 7) is 7.43. The molecule has 0 aliphatic rings. The van der Waals surface area contributed by atoms with Gasteiger partial charge >= 0.3 is 0 Å². The van der Waals surface area contributed by atoms with Crippen LogP contribution in [0.5, 0.6) is 0 Å². The number of benzene rings is 1.